The maximum atomic E-state index is 5.75. The molecule has 0 bridgehead atoms. The second-order valence-electron chi connectivity index (χ2n) is 4.38. The fourth-order valence-electron chi connectivity index (χ4n) is 1.84. The molecule has 0 radical (unpaired) electrons. The van der Waals surface area contributed by atoms with Crippen LogP contribution in [0.3, 0.4) is 0 Å². The normalized spacial score (nSPS) is 10.8. The van der Waals surface area contributed by atoms with E-state index in [4.69, 9.17) is 15.2 Å². The number of anilines is 2. The summed E-state index contributed by atoms with van der Waals surface area (Å²) in [5.74, 6) is 0.826. The lowest BCUT2D eigenvalue weighted by Gasteiger charge is -2.09. The van der Waals surface area contributed by atoms with E-state index in [-0.39, 0.29) is 0 Å². The molecule has 0 aliphatic carbocycles. The van der Waals surface area contributed by atoms with Gasteiger partial charge in [0.15, 0.2) is 0 Å². The molecule has 1 heterocycles. The van der Waals surface area contributed by atoms with Gasteiger partial charge in [-0.25, -0.2) is 9.97 Å². The summed E-state index contributed by atoms with van der Waals surface area (Å²) in [5, 5.41) is 4.27. The molecular weight excluding hydrogens is 256 g/mol. The van der Waals surface area contributed by atoms with Gasteiger partial charge in [0.05, 0.1) is 18.7 Å². The van der Waals surface area contributed by atoms with Crippen LogP contribution in [0, 0.1) is 0 Å². The van der Waals surface area contributed by atoms with Crippen LogP contribution in [0.5, 0.6) is 0 Å². The molecule has 1 aromatic heterocycles. The Hall–Kier alpha value is -1.92. The van der Waals surface area contributed by atoms with E-state index in [2.05, 4.69) is 15.3 Å². The van der Waals surface area contributed by atoms with Crippen molar-refractivity contribution in [2.75, 3.05) is 44.5 Å². The molecule has 0 saturated heterocycles. The Labute approximate surface area is 118 Å². The highest BCUT2D eigenvalue weighted by Gasteiger charge is 2.03. The van der Waals surface area contributed by atoms with Gasteiger partial charge in [-0.3, -0.25) is 0 Å². The predicted octanol–water partition coefficient (Wildman–Crippen LogP) is 1.68. The molecule has 0 fully saturated rings. The number of fused-ring (bicyclic) bond motifs is 1. The molecule has 6 heteroatoms. The van der Waals surface area contributed by atoms with Crippen LogP contribution in [0.4, 0.5) is 11.5 Å². The first-order valence-electron chi connectivity index (χ1n) is 6.62. The van der Waals surface area contributed by atoms with Crippen molar-refractivity contribution in [1.29, 1.82) is 0 Å². The van der Waals surface area contributed by atoms with E-state index in [1.165, 1.54) is 0 Å². The fourth-order valence-corrected chi connectivity index (χ4v) is 1.84. The topological polar surface area (TPSA) is 82.3 Å². The van der Waals surface area contributed by atoms with E-state index in [1.807, 2.05) is 18.2 Å². The van der Waals surface area contributed by atoms with Crippen molar-refractivity contribution in [3.63, 3.8) is 0 Å². The van der Waals surface area contributed by atoms with Gasteiger partial charge in [-0.05, 0) is 24.6 Å². The third-order valence-electron chi connectivity index (χ3n) is 2.85. The van der Waals surface area contributed by atoms with Gasteiger partial charge >= 0.3 is 0 Å². The molecular formula is C14H20N4O2. The zero-order chi connectivity index (χ0) is 14.2. The summed E-state index contributed by atoms with van der Waals surface area (Å²) in [7, 11) is 1.66. The van der Waals surface area contributed by atoms with Crippen LogP contribution in [-0.4, -0.2) is 43.4 Å². The van der Waals surface area contributed by atoms with E-state index in [0.29, 0.717) is 25.5 Å². The highest BCUT2D eigenvalue weighted by atomic mass is 16.5. The molecule has 0 atom stereocenters. The molecule has 2 aromatic rings. The molecule has 0 aliphatic rings. The molecule has 3 N–H and O–H groups in total. The summed E-state index contributed by atoms with van der Waals surface area (Å²) in [5.41, 5.74) is 7.29. The van der Waals surface area contributed by atoms with Crippen molar-refractivity contribution in [2.24, 2.45) is 0 Å². The van der Waals surface area contributed by atoms with E-state index >= 15 is 0 Å². The monoisotopic (exact) mass is 276 g/mol. The van der Waals surface area contributed by atoms with Crippen LogP contribution in [0.2, 0.25) is 0 Å². The minimum absolute atomic E-state index is 0.630. The first kappa shape index (κ1) is 14.5. The third-order valence-corrected chi connectivity index (χ3v) is 2.85. The Kier molecular flexibility index (Phi) is 5.52. The summed E-state index contributed by atoms with van der Waals surface area (Å²) >= 11 is 0. The number of hydrogen-bond donors (Lipinski definition) is 2. The molecule has 0 saturated carbocycles. The number of aromatic nitrogens is 2. The predicted molar refractivity (Wildman–Crippen MR) is 79.8 cm³/mol. The van der Waals surface area contributed by atoms with Gasteiger partial charge in [0.2, 0.25) is 0 Å². The molecule has 0 unspecified atom stereocenters. The first-order chi connectivity index (χ1) is 9.81. The second kappa shape index (κ2) is 7.62. The average Bonchev–Trinajstić information content (AvgIpc) is 2.46. The van der Waals surface area contributed by atoms with Crippen molar-refractivity contribution >= 4 is 22.4 Å². The largest absolute Gasteiger partial charge is 0.399 e. The quantitative estimate of drug-likeness (QED) is 0.564. The maximum Gasteiger partial charge on any atom is 0.137 e. The highest BCUT2D eigenvalue weighted by molar-refractivity contribution is 5.90. The zero-order valence-corrected chi connectivity index (χ0v) is 11.6. The third kappa shape index (κ3) is 4.04. The summed E-state index contributed by atoms with van der Waals surface area (Å²) in [6.45, 7) is 2.76. The number of methoxy groups -OCH3 is 1. The number of nitrogens with zero attached hydrogens (tertiary/aromatic N) is 2. The summed E-state index contributed by atoms with van der Waals surface area (Å²) in [4.78, 5) is 8.47. The van der Waals surface area contributed by atoms with Gasteiger partial charge in [-0.15, -0.1) is 0 Å². The van der Waals surface area contributed by atoms with Crippen LogP contribution >= 0.6 is 0 Å². The van der Waals surface area contributed by atoms with E-state index in [1.54, 1.807) is 13.4 Å². The number of benzene rings is 1. The van der Waals surface area contributed by atoms with Crippen molar-refractivity contribution in [1.82, 2.24) is 9.97 Å². The minimum Gasteiger partial charge on any atom is -0.399 e. The molecule has 0 amide bonds. The highest BCUT2D eigenvalue weighted by Crippen LogP contribution is 2.20. The van der Waals surface area contributed by atoms with Crippen molar-refractivity contribution in [2.45, 2.75) is 6.42 Å². The second-order valence-corrected chi connectivity index (χ2v) is 4.38. The average molecular weight is 276 g/mol. The number of rotatable bonds is 8. The summed E-state index contributed by atoms with van der Waals surface area (Å²) in [6.07, 6.45) is 2.45. The van der Waals surface area contributed by atoms with Gasteiger partial charge in [0.25, 0.3) is 0 Å². The van der Waals surface area contributed by atoms with E-state index < -0.39 is 0 Å². The van der Waals surface area contributed by atoms with Gasteiger partial charge in [0.1, 0.15) is 12.1 Å². The summed E-state index contributed by atoms with van der Waals surface area (Å²) < 4.78 is 10.3. The van der Waals surface area contributed by atoms with Crippen LogP contribution < -0.4 is 11.1 Å². The van der Waals surface area contributed by atoms with Gasteiger partial charge in [0, 0.05) is 31.3 Å². The lowest BCUT2D eigenvalue weighted by Crippen LogP contribution is -2.09. The lowest BCUT2D eigenvalue weighted by atomic mass is 10.2. The molecule has 1 aromatic carbocycles. The molecule has 0 spiro atoms. The maximum absolute atomic E-state index is 5.75. The smallest absolute Gasteiger partial charge is 0.137 e. The van der Waals surface area contributed by atoms with Crippen LogP contribution in [0.15, 0.2) is 24.5 Å². The Morgan fingerprint density at radius 3 is 2.95 bits per heavy atom. The van der Waals surface area contributed by atoms with Gasteiger partial charge < -0.3 is 20.5 Å². The van der Waals surface area contributed by atoms with Crippen molar-refractivity contribution in [3.8, 4) is 0 Å². The Bertz CT molecular complexity index is 548. The lowest BCUT2D eigenvalue weighted by molar-refractivity contribution is 0.0705. The van der Waals surface area contributed by atoms with Crippen LogP contribution in [0.1, 0.15) is 6.42 Å². The van der Waals surface area contributed by atoms with Crippen molar-refractivity contribution in [3.05, 3.63) is 24.5 Å². The number of nitrogen functional groups attached to an aromatic ring is 1. The SMILES string of the molecule is COCCOCCCNc1ncnc2cc(N)ccc12. The molecule has 2 rings (SSSR count). The number of ether oxygens (including phenoxy) is 2. The van der Waals surface area contributed by atoms with E-state index in [0.717, 1.165) is 29.7 Å². The summed E-state index contributed by atoms with van der Waals surface area (Å²) in [6, 6.07) is 5.63. The number of hydrogen-bond acceptors (Lipinski definition) is 6. The zero-order valence-electron chi connectivity index (χ0n) is 11.6. The van der Waals surface area contributed by atoms with E-state index in [9.17, 15) is 0 Å². The fraction of sp³-hybridized carbons (Fsp3) is 0.429. The Morgan fingerprint density at radius 2 is 2.10 bits per heavy atom. The molecule has 0 aliphatic heterocycles. The van der Waals surface area contributed by atoms with Crippen LogP contribution in [-0.2, 0) is 9.47 Å². The first-order valence-corrected chi connectivity index (χ1v) is 6.62. The van der Waals surface area contributed by atoms with Crippen molar-refractivity contribution < 1.29 is 9.47 Å². The van der Waals surface area contributed by atoms with Gasteiger partial charge in [-0.1, -0.05) is 0 Å². The standard InChI is InChI=1S/C14H20N4O2/c1-19-7-8-20-6-2-5-16-14-12-4-3-11(15)9-13(12)17-10-18-14/h3-4,9-10H,2,5-8,15H2,1H3,(H,16,17,18). The Morgan fingerprint density at radius 1 is 1.20 bits per heavy atom. The minimum atomic E-state index is 0.630. The number of nitrogens with two attached hydrogens (primary N) is 1. The number of nitrogens with one attached hydrogen (secondary N) is 1. The molecule has 20 heavy (non-hydrogen) atoms. The van der Waals surface area contributed by atoms with Gasteiger partial charge in [-0.2, -0.15) is 0 Å². The molecule has 6 nitrogen and oxygen atoms in total. The Balaban J connectivity index is 1.84. The molecule has 108 valence electrons. The van der Waals surface area contributed by atoms with Crippen LogP contribution in [0.25, 0.3) is 10.9 Å².